The van der Waals surface area contributed by atoms with E-state index in [0.717, 1.165) is 23.8 Å². The average Bonchev–Trinajstić information content (AvgIpc) is 3.10. The third-order valence-electron chi connectivity index (χ3n) is 3.82. The van der Waals surface area contributed by atoms with E-state index in [9.17, 15) is 14.9 Å². The van der Waals surface area contributed by atoms with Gasteiger partial charge in [0.15, 0.2) is 5.13 Å². The smallest absolute Gasteiger partial charge is 0.269 e. The molecule has 1 amide bonds. The number of hydrogen-bond acceptors (Lipinski definition) is 6. The van der Waals surface area contributed by atoms with Crippen LogP contribution in [0, 0.1) is 10.1 Å². The van der Waals surface area contributed by atoms with Gasteiger partial charge in [0, 0.05) is 49.9 Å². The highest BCUT2D eigenvalue weighted by Gasteiger charge is 2.22. The maximum absolute atomic E-state index is 12.3. The first-order valence-corrected chi connectivity index (χ1v) is 8.17. The van der Waals surface area contributed by atoms with Crippen molar-refractivity contribution in [3.05, 3.63) is 51.5 Å². The molecule has 0 N–H and O–H groups in total. The number of hydrogen-bond donors (Lipinski definition) is 0. The summed E-state index contributed by atoms with van der Waals surface area (Å²) in [6, 6.07) is 6.15. The van der Waals surface area contributed by atoms with E-state index in [2.05, 4.69) is 9.88 Å². The molecule has 0 bridgehead atoms. The van der Waals surface area contributed by atoms with Crippen molar-refractivity contribution < 1.29 is 9.72 Å². The predicted octanol–water partition coefficient (Wildman–Crippen LogP) is 1.94. The number of anilines is 1. The molecule has 7 nitrogen and oxygen atoms in total. The van der Waals surface area contributed by atoms with Crippen LogP contribution in [-0.2, 0) is 11.2 Å². The number of carbonyl (C=O) groups excluding carboxylic acids is 1. The van der Waals surface area contributed by atoms with Crippen LogP contribution in [0.1, 0.15) is 5.56 Å². The van der Waals surface area contributed by atoms with Gasteiger partial charge in [0.1, 0.15) is 0 Å². The lowest BCUT2D eigenvalue weighted by Crippen LogP contribution is -2.49. The van der Waals surface area contributed by atoms with Crippen molar-refractivity contribution in [1.82, 2.24) is 9.88 Å². The van der Waals surface area contributed by atoms with Crippen LogP contribution in [0.3, 0.4) is 0 Å². The summed E-state index contributed by atoms with van der Waals surface area (Å²) in [5.74, 6) is 0.0534. The number of carbonyl (C=O) groups is 1. The van der Waals surface area contributed by atoms with Crippen LogP contribution < -0.4 is 4.90 Å². The number of piperazine rings is 1. The van der Waals surface area contributed by atoms with E-state index < -0.39 is 4.92 Å². The molecule has 23 heavy (non-hydrogen) atoms. The molecule has 1 saturated heterocycles. The summed E-state index contributed by atoms with van der Waals surface area (Å²) in [6.07, 6.45) is 2.06. The van der Waals surface area contributed by atoms with Crippen molar-refractivity contribution in [2.24, 2.45) is 0 Å². The van der Waals surface area contributed by atoms with Gasteiger partial charge < -0.3 is 9.80 Å². The maximum Gasteiger partial charge on any atom is 0.269 e. The number of nitrogens with zero attached hydrogens (tertiary/aromatic N) is 4. The molecule has 1 aromatic heterocycles. The zero-order chi connectivity index (χ0) is 16.2. The van der Waals surface area contributed by atoms with Crippen LogP contribution in [0.5, 0.6) is 0 Å². The zero-order valence-electron chi connectivity index (χ0n) is 12.4. The van der Waals surface area contributed by atoms with E-state index in [4.69, 9.17) is 0 Å². The van der Waals surface area contributed by atoms with Gasteiger partial charge in [-0.3, -0.25) is 14.9 Å². The Morgan fingerprint density at radius 1 is 1.22 bits per heavy atom. The molecule has 0 radical (unpaired) electrons. The number of thiazole rings is 1. The quantitative estimate of drug-likeness (QED) is 0.631. The van der Waals surface area contributed by atoms with Gasteiger partial charge in [-0.25, -0.2) is 4.98 Å². The fraction of sp³-hybridized carbons (Fsp3) is 0.333. The molecular formula is C15H16N4O3S. The average molecular weight is 332 g/mol. The van der Waals surface area contributed by atoms with Gasteiger partial charge in [-0.05, 0) is 5.56 Å². The minimum atomic E-state index is -0.441. The number of nitro groups is 1. The minimum Gasteiger partial charge on any atom is -0.345 e. The minimum absolute atomic E-state index is 0.0401. The zero-order valence-corrected chi connectivity index (χ0v) is 13.2. The van der Waals surface area contributed by atoms with E-state index in [0.29, 0.717) is 13.1 Å². The Balaban J connectivity index is 1.54. The highest BCUT2D eigenvalue weighted by atomic mass is 32.1. The molecule has 0 atom stereocenters. The highest BCUT2D eigenvalue weighted by molar-refractivity contribution is 7.13. The predicted molar refractivity (Wildman–Crippen MR) is 87.7 cm³/mol. The van der Waals surface area contributed by atoms with Crippen LogP contribution in [-0.4, -0.2) is 46.9 Å². The number of benzene rings is 1. The Hall–Kier alpha value is -2.48. The lowest BCUT2D eigenvalue weighted by molar-refractivity contribution is -0.384. The largest absolute Gasteiger partial charge is 0.345 e. The van der Waals surface area contributed by atoms with E-state index in [1.165, 1.54) is 12.1 Å². The molecule has 1 aliphatic heterocycles. The normalized spacial score (nSPS) is 14.8. The fourth-order valence-corrected chi connectivity index (χ4v) is 3.24. The first-order chi connectivity index (χ1) is 11.1. The lowest BCUT2D eigenvalue weighted by atomic mass is 10.1. The third-order valence-corrected chi connectivity index (χ3v) is 4.66. The van der Waals surface area contributed by atoms with Crippen LogP contribution in [0.25, 0.3) is 0 Å². The summed E-state index contributed by atoms with van der Waals surface area (Å²) in [4.78, 5) is 30.8. The highest BCUT2D eigenvalue weighted by Crippen LogP contribution is 2.19. The molecule has 1 fully saturated rings. The molecule has 120 valence electrons. The first-order valence-electron chi connectivity index (χ1n) is 7.29. The van der Waals surface area contributed by atoms with Gasteiger partial charge in [-0.2, -0.15) is 0 Å². The topological polar surface area (TPSA) is 79.6 Å². The number of nitro benzene ring substituents is 1. The standard InChI is InChI=1S/C15H16N4O3S/c20-14(11-12-1-3-13(4-2-12)19(21)22)17-6-8-18(9-7-17)15-16-5-10-23-15/h1-5,10H,6-9,11H2. The summed E-state index contributed by atoms with van der Waals surface area (Å²) in [5, 5.41) is 13.6. The van der Waals surface area contributed by atoms with Gasteiger partial charge in [-0.15, -0.1) is 11.3 Å². The van der Waals surface area contributed by atoms with E-state index >= 15 is 0 Å². The summed E-state index contributed by atoms with van der Waals surface area (Å²) < 4.78 is 0. The van der Waals surface area contributed by atoms with Crippen LogP contribution >= 0.6 is 11.3 Å². The number of non-ortho nitro benzene ring substituents is 1. The van der Waals surface area contributed by atoms with Crippen molar-refractivity contribution in [2.45, 2.75) is 6.42 Å². The van der Waals surface area contributed by atoms with Crippen LogP contribution in [0.2, 0.25) is 0 Å². The van der Waals surface area contributed by atoms with Crippen molar-refractivity contribution in [2.75, 3.05) is 31.1 Å². The summed E-state index contributed by atoms with van der Waals surface area (Å²) in [6.45, 7) is 2.90. The molecule has 1 aromatic carbocycles. The summed E-state index contributed by atoms with van der Waals surface area (Å²) in [5.41, 5.74) is 0.834. The molecular weight excluding hydrogens is 316 g/mol. The van der Waals surface area contributed by atoms with E-state index in [-0.39, 0.29) is 18.0 Å². The fourth-order valence-electron chi connectivity index (χ4n) is 2.54. The van der Waals surface area contributed by atoms with Crippen molar-refractivity contribution in [3.8, 4) is 0 Å². The molecule has 8 heteroatoms. The van der Waals surface area contributed by atoms with Crippen LogP contribution in [0.15, 0.2) is 35.8 Å². The Labute approximate surface area is 137 Å². The molecule has 0 aliphatic carbocycles. The first kappa shape index (κ1) is 15.4. The second-order valence-corrected chi connectivity index (χ2v) is 6.16. The molecule has 3 rings (SSSR count). The molecule has 0 spiro atoms. The molecule has 0 unspecified atom stereocenters. The number of rotatable bonds is 4. The Morgan fingerprint density at radius 3 is 2.48 bits per heavy atom. The molecule has 2 heterocycles. The number of aromatic nitrogens is 1. The molecule has 2 aromatic rings. The maximum atomic E-state index is 12.3. The summed E-state index contributed by atoms with van der Waals surface area (Å²) in [7, 11) is 0. The molecule has 0 saturated carbocycles. The molecule has 1 aliphatic rings. The monoisotopic (exact) mass is 332 g/mol. The Bertz CT molecular complexity index is 679. The van der Waals surface area contributed by atoms with Crippen molar-refractivity contribution in [1.29, 1.82) is 0 Å². The van der Waals surface area contributed by atoms with Gasteiger partial charge in [0.05, 0.1) is 11.3 Å². The van der Waals surface area contributed by atoms with Gasteiger partial charge in [0.2, 0.25) is 5.91 Å². The summed E-state index contributed by atoms with van der Waals surface area (Å²) >= 11 is 1.60. The SMILES string of the molecule is O=C(Cc1ccc([N+](=O)[O-])cc1)N1CCN(c2nccs2)CC1. The van der Waals surface area contributed by atoms with Gasteiger partial charge in [0.25, 0.3) is 5.69 Å². The van der Waals surface area contributed by atoms with Crippen molar-refractivity contribution >= 4 is 28.1 Å². The van der Waals surface area contributed by atoms with E-state index in [1.807, 2.05) is 10.3 Å². The van der Waals surface area contributed by atoms with E-state index in [1.54, 1.807) is 29.7 Å². The third kappa shape index (κ3) is 3.65. The Morgan fingerprint density at radius 2 is 1.91 bits per heavy atom. The second kappa shape index (κ2) is 6.74. The van der Waals surface area contributed by atoms with Crippen LogP contribution in [0.4, 0.5) is 10.8 Å². The number of amides is 1. The van der Waals surface area contributed by atoms with Gasteiger partial charge in [-0.1, -0.05) is 12.1 Å². The Kier molecular flexibility index (Phi) is 4.52. The second-order valence-electron chi connectivity index (χ2n) is 5.28. The lowest BCUT2D eigenvalue weighted by Gasteiger charge is -2.34. The van der Waals surface area contributed by atoms with Gasteiger partial charge >= 0.3 is 0 Å². The van der Waals surface area contributed by atoms with Crippen molar-refractivity contribution in [3.63, 3.8) is 0 Å².